The maximum absolute atomic E-state index is 12.5. The Bertz CT molecular complexity index is 552. The minimum Gasteiger partial charge on any atom is -0.491 e. The fourth-order valence-corrected chi connectivity index (χ4v) is 3.28. The summed E-state index contributed by atoms with van der Waals surface area (Å²) in [6.07, 6.45) is 2.56. The number of aliphatic hydroxyl groups excluding tert-OH is 1. The van der Waals surface area contributed by atoms with Crippen molar-refractivity contribution < 1.29 is 14.6 Å². The molecule has 3 atom stereocenters. The highest BCUT2D eigenvalue weighted by atomic mass is 16.5. The molecular weight excluding hydrogens is 294 g/mol. The van der Waals surface area contributed by atoms with Crippen LogP contribution in [0.3, 0.4) is 0 Å². The molecule has 1 aromatic carbocycles. The number of ether oxygens (including phenoxy) is 1. The summed E-state index contributed by atoms with van der Waals surface area (Å²) in [7, 11) is 0. The van der Waals surface area contributed by atoms with E-state index in [1.165, 1.54) is 0 Å². The molecule has 6 nitrogen and oxygen atoms in total. The van der Waals surface area contributed by atoms with Gasteiger partial charge >= 0.3 is 0 Å². The first-order valence-electron chi connectivity index (χ1n) is 8.35. The van der Waals surface area contributed by atoms with Crippen molar-refractivity contribution in [3.63, 3.8) is 0 Å². The van der Waals surface area contributed by atoms with Crippen molar-refractivity contribution in [1.29, 1.82) is 0 Å². The van der Waals surface area contributed by atoms with Crippen molar-refractivity contribution in [3.8, 4) is 5.75 Å². The van der Waals surface area contributed by atoms with E-state index in [1.54, 1.807) is 0 Å². The average molecular weight is 319 g/mol. The lowest BCUT2D eigenvalue weighted by atomic mass is 10.1. The first-order valence-corrected chi connectivity index (χ1v) is 8.35. The number of carbonyl (C=O) groups excluding carboxylic acids is 1. The van der Waals surface area contributed by atoms with Crippen LogP contribution < -0.4 is 15.8 Å². The number of rotatable bonds is 0. The molecule has 6 heteroatoms. The van der Waals surface area contributed by atoms with E-state index in [0.29, 0.717) is 25.3 Å². The van der Waals surface area contributed by atoms with E-state index < -0.39 is 12.3 Å². The van der Waals surface area contributed by atoms with Crippen molar-refractivity contribution in [2.75, 3.05) is 19.7 Å². The van der Waals surface area contributed by atoms with Crippen LogP contribution in [0.5, 0.6) is 5.75 Å². The van der Waals surface area contributed by atoms with Gasteiger partial charge in [0.05, 0.1) is 12.1 Å². The summed E-state index contributed by atoms with van der Waals surface area (Å²) >= 11 is 0. The van der Waals surface area contributed by atoms with Gasteiger partial charge in [-0.15, -0.1) is 0 Å². The summed E-state index contributed by atoms with van der Waals surface area (Å²) in [4.78, 5) is 14.4. The van der Waals surface area contributed by atoms with E-state index >= 15 is 0 Å². The molecule has 2 aliphatic rings. The van der Waals surface area contributed by atoms with Gasteiger partial charge in [-0.3, -0.25) is 10.1 Å². The lowest BCUT2D eigenvalue weighted by Crippen LogP contribution is -2.47. The van der Waals surface area contributed by atoms with Crippen molar-refractivity contribution in [1.82, 2.24) is 10.2 Å². The number of amides is 1. The molecule has 1 fully saturated rings. The molecule has 0 radical (unpaired) electrons. The van der Waals surface area contributed by atoms with Crippen LogP contribution in [0.1, 0.15) is 37.5 Å². The zero-order chi connectivity index (χ0) is 16.2. The number of benzene rings is 1. The number of hydrogen-bond acceptors (Lipinski definition) is 5. The molecule has 0 spiro atoms. The molecule has 3 rings (SSSR count). The lowest BCUT2D eigenvalue weighted by Gasteiger charge is -2.28. The second-order valence-electron chi connectivity index (χ2n) is 6.32. The molecule has 0 aromatic heterocycles. The topological polar surface area (TPSA) is 87.8 Å². The van der Waals surface area contributed by atoms with Crippen molar-refractivity contribution in [2.24, 2.45) is 5.73 Å². The van der Waals surface area contributed by atoms with Gasteiger partial charge in [0, 0.05) is 6.54 Å². The molecular formula is C17H25N3O3. The van der Waals surface area contributed by atoms with Crippen LogP contribution in [-0.2, 0) is 4.79 Å². The van der Waals surface area contributed by atoms with Crippen molar-refractivity contribution in [3.05, 3.63) is 29.8 Å². The minimum absolute atomic E-state index is 0.0162. The lowest BCUT2D eigenvalue weighted by molar-refractivity contribution is -0.134. The van der Waals surface area contributed by atoms with E-state index in [0.717, 1.165) is 31.4 Å². The number of nitrogens with two attached hydrogens (primary N) is 1. The molecule has 1 amide bonds. The second kappa shape index (κ2) is 7.29. The van der Waals surface area contributed by atoms with Gasteiger partial charge in [0.15, 0.2) is 0 Å². The van der Waals surface area contributed by atoms with Gasteiger partial charge in [-0.1, -0.05) is 12.1 Å². The first-order chi connectivity index (χ1) is 11.1. The summed E-state index contributed by atoms with van der Waals surface area (Å²) in [5, 5.41) is 13.2. The SMILES string of the molecule is NC1CCCNC(O)c2cccc(c2)OCC2CCCN2C1=O. The molecule has 126 valence electrons. The summed E-state index contributed by atoms with van der Waals surface area (Å²) in [6.45, 7) is 1.83. The summed E-state index contributed by atoms with van der Waals surface area (Å²) < 4.78 is 5.86. The molecule has 1 aromatic rings. The normalized spacial score (nSPS) is 29.6. The smallest absolute Gasteiger partial charge is 0.239 e. The standard InChI is InChI=1S/C17H25N3O3/c18-15-7-2-8-19-16(21)12-4-1-6-14(10-12)23-11-13-5-3-9-20(13)17(15)22/h1,4,6,10,13,15-16,19,21H,2-3,5,7-9,11,18H2. The zero-order valence-electron chi connectivity index (χ0n) is 13.3. The monoisotopic (exact) mass is 319 g/mol. The molecule has 23 heavy (non-hydrogen) atoms. The Kier molecular flexibility index (Phi) is 5.15. The van der Waals surface area contributed by atoms with Crippen molar-refractivity contribution in [2.45, 2.75) is 44.0 Å². The molecule has 2 bridgehead atoms. The number of aliphatic hydroxyl groups is 1. The van der Waals surface area contributed by atoms with Gasteiger partial charge in [-0.2, -0.15) is 0 Å². The molecule has 1 saturated heterocycles. The van der Waals surface area contributed by atoms with E-state index in [2.05, 4.69) is 5.32 Å². The largest absolute Gasteiger partial charge is 0.491 e. The summed E-state index contributed by atoms with van der Waals surface area (Å²) in [5.41, 5.74) is 6.84. The van der Waals surface area contributed by atoms with E-state index in [1.807, 2.05) is 29.2 Å². The maximum Gasteiger partial charge on any atom is 0.239 e. The quantitative estimate of drug-likeness (QED) is 0.657. The Balaban J connectivity index is 1.79. The highest BCUT2D eigenvalue weighted by Gasteiger charge is 2.32. The van der Waals surface area contributed by atoms with Gasteiger partial charge in [0.25, 0.3) is 0 Å². The molecule has 0 saturated carbocycles. The van der Waals surface area contributed by atoms with Crippen LogP contribution in [0.4, 0.5) is 0 Å². The Morgan fingerprint density at radius 2 is 2.17 bits per heavy atom. The summed E-state index contributed by atoms with van der Waals surface area (Å²) in [5.74, 6) is 0.728. The molecule has 2 heterocycles. The number of nitrogens with one attached hydrogen (secondary N) is 1. The van der Waals surface area contributed by atoms with E-state index in [4.69, 9.17) is 10.5 Å². The van der Waals surface area contributed by atoms with Gasteiger partial charge in [0.2, 0.25) is 5.91 Å². The molecule has 3 unspecified atom stereocenters. The van der Waals surface area contributed by atoms with Crippen molar-refractivity contribution >= 4 is 5.91 Å². The highest BCUT2D eigenvalue weighted by Crippen LogP contribution is 2.23. The Labute approximate surface area is 136 Å². The average Bonchev–Trinajstić information content (AvgIpc) is 3.03. The Hall–Kier alpha value is -1.63. The van der Waals surface area contributed by atoms with Crippen LogP contribution in [-0.4, -0.2) is 47.7 Å². The third kappa shape index (κ3) is 3.83. The Morgan fingerprint density at radius 1 is 1.30 bits per heavy atom. The molecule has 2 aliphatic heterocycles. The van der Waals surface area contributed by atoms with Crippen LogP contribution in [0.25, 0.3) is 0 Å². The first kappa shape index (κ1) is 16.2. The minimum atomic E-state index is -0.739. The van der Waals surface area contributed by atoms with Gasteiger partial charge in [-0.25, -0.2) is 0 Å². The highest BCUT2D eigenvalue weighted by molar-refractivity contribution is 5.82. The second-order valence-corrected chi connectivity index (χ2v) is 6.32. The zero-order valence-corrected chi connectivity index (χ0v) is 13.3. The summed E-state index contributed by atoms with van der Waals surface area (Å²) in [6, 6.07) is 7.06. The molecule has 4 N–H and O–H groups in total. The van der Waals surface area contributed by atoms with Gasteiger partial charge in [-0.05, 0) is 49.9 Å². The van der Waals surface area contributed by atoms with Crippen LogP contribution in [0, 0.1) is 0 Å². The molecule has 0 aliphatic carbocycles. The number of nitrogens with zero attached hydrogens (tertiary/aromatic N) is 1. The number of carbonyl (C=O) groups is 1. The maximum atomic E-state index is 12.5. The van der Waals surface area contributed by atoms with Crippen LogP contribution in [0.2, 0.25) is 0 Å². The Morgan fingerprint density at radius 3 is 3.04 bits per heavy atom. The van der Waals surface area contributed by atoms with Gasteiger partial charge in [0.1, 0.15) is 18.6 Å². The predicted molar refractivity (Wildman–Crippen MR) is 86.8 cm³/mol. The third-order valence-corrected chi connectivity index (χ3v) is 4.62. The van der Waals surface area contributed by atoms with Crippen LogP contribution >= 0.6 is 0 Å². The van der Waals surface area contributed by atoms with Gasteiger partial charge < -0.3 is 20.5 Å². The fraction of sp³-hybridized carbons (Fsp3) is 0.588. The predicted octanol–water partition coefficient (Wildman–Crippen LogP) is 0.758. The number of fused-ring (bicyclic) bond motifs is 3. The van der Waals surface area contributed by atoms with E-state index in [-0.39, 0.29) is 11.9 Å². The third-order valence-electron chi connectivity index (χ3n) is 4.62. The number of hydrogen-bond donors (Lipinski definition) is 3. The van der Waals surface area contributed by atoms with E-state index in [9.17, 15) is 9.90 Å². The van der Waals surface area contributed by atoms with Crippen LogP contribution in [0.15, 0.2) is 24.3 Å². The fourth-order valence-electron chi connectivity index (χ4n) is 3.28.